The molecule has 1 saturated heterocycles. The molecule has 1 aromatic carbocycles. The van der Waals surface area contributed by atoms with Crippen molar-refractivity contribution in [2.75, 3.05) is 13.1 Å². The second-order valence-electron chi connectivity index (χ2n) is 5.65. The lowest BCUT2D eigenvalue weighted by Crippen LogP contribution is -2.46. The summed E-state index contributed by atoms with van der Waals surface area (Å²) < 4.78 is 26.6. The molecule has 1 aliphatic rings. The van der Waals surface area contributed by atoms with Crippen molar-refractivity contribution in [1.29, 1.82) is 0 Å². The molecule has 0 amide bonds. The van der Waals surface area contributed by atoms with Gasteiger partial charge in [0.2, 0.25) is 0 Å². The first-order valence-electron chi connectivity index (χ1n) is 7.25. The van der Waals surface area contributed by atoms with Crippen LogP contribution in [0.5, 0.6) is 0 Å². The number of piperidine rings is 1. The average molecular weight is 281 g/mol. The zero-order valence-corrected chi connectivity index (χ0v) is 11.8. The largest absolute Gasteiger partial charge is 0.316 e. The Hall–Kier alpha value is -1.29. The Balaban J connectivity index is 2.15. The maximum atomic E-state index is 13.7. The van der Waals surface area contributed by atoms with E-state index in [4.69, 9.17) is 0 Å². The topological polar surface area (TPSA) is 29.1 Å². The lowest BCUT2D eigenvalue weighted by molar-refractivity contribution is -0.129. The molecule has 0 spiro atoms. The van der Waals surface area contributed by atoms with E-state index in [1.165, 1.54) is 12.1 Å². The third-order valence-corrected chi connectivity index (χ3v) is 4.16. The molecule has 0 aromatic heterocycles. The number of benzene rings is 1. The van der Waals surface area contributed by atoms with Gasteiger partial charge < -0.3 is 5.32 Å². The van der Waals surface area contributed by atoms with E-state index in [-0.39, 0.29) is 23.2 Å². The molecule has 1 heterocycles. The van der Waals surface area contributed by atoms with Crippen LogP contribution in [-0.2, 0) is 11.2 Å². The van der Waals surface area contributed by atoms with Crippen LogP contribution in [0.4, 0.5) is 8.78 Å². The summed E-state index contributed by atoms with van der Waals surface area (Å²) in [6.07, 6.45) is 3.63. The predicted octanol–water partition coefficient (Wildman–Crippen LogP) is 3.25. The van der Waals surface area contributed by atoms with Crippen LogP contribution in [0.3, 0.4) is 0 Å². The normalized spacial score (nSPS) is 22.8. The number of rotatable bonds is 5. The van der Waals surface area contributed by atoms with Gasteiger partial charge in [0.05, 0.1) is 0 Å². The first-order valence-corrected chi connectivity index (χ1v) is 7.25. The third kappa shape index (κ3) is 3.23. The smallest absolute Gasteiger partial charge is 0.144 e. The van der Waals surface area contributed by atoms with E-state index in [9.17, 15) is 13.6 Å². The Bertz CT molecular complexity index is 476. The highest BCUT2D eigenvalue weighted by Gasteiger charge is 2.38. The standard InChI is InChI=1S/C16H21F2NO/c1-2-6-16(7-3-8-19-11-16)15(20)9-12-4-5-13(17)10-14(12)18/h4-5,10,19H,2-3,6-9,11H2,1H3. The molecule has 0 bridgehead atoms. The second-order valence-corrected chi connectivity index (χ2v) is 5.65. The summed E-state index contributed by atoms with van der Waals surface area (Å²) in [5.74, 6) is -1.17. The maximum Gasteiger partial charge on any atom is 0.144 e. The molecule has 4 heteroatoms. The van der Waals surface area contributed by atoms with Crippen LogP contribution >= 0.6 is 0 Å². The molecule has 1 aliphatic heterocycles. The number of halogens is 2. The van der Waals surface area contributed by atoms with Gasteiger partial charge in [0.25, 0.3) is 0 Å². The van der Waals surface area contributed by atoms with Crippen molar-refractivity contribution in [1.82, 2.24) is 5.32 Å². The molecule has 20 heavy (non-hydrogen) atoms. The van der Waals surface area contributed by atoms with Crippen molar-refractivity contribution < 1.29 is 13.6 Å². The Morgan fingerprint density at radius 2 is 2.20 bits per heavy atom. The Kier molecular flexibility index (Phi) is 4.86. The van der Waals surface area contributed by atoms with Crippen LogP contribution in [0.2, 0.25) is 0 Å². The third-order valence-electron chi connectivity index (χ3n) is 4.16. The summed E-state index contributed by atoms with van der Waals surface area (Å²) in [5.41, 5.74) is -0.0918. The van der Waals surface area contributed by atoms with Crippen molar-refractivity contribution >= 4 is 5.78 Å². The Morgan fingerprint density at radius 3 is 2.80 bits per heavy atom. The van der Waals surface area contributed by atoms with Gasteiger partial charge in [-0.2, -0.15) is 0 Å². The van der Waals surface area contributed by atoms with Gasteiger partial charge in [-0.1, -0.05) is 19.4 Å². The molecule has 1 N–H and O–H groups in total. The van der Waals surface area contributed by atoms with Crippen LogP contribution in [-0.4, -0.2) is 18.9 Å². The van der Waals surface area contributed by atoms with Crippen LogP contribution < -0.4 is 5.32 Å². The molecule has 1 fully saturated rings. The SMILES string of the molecule is CCCC1(C(=O)Cc2ccc(F)cc2F)CCCNC1. The van der Waals surface area contributed by atoms with Crippen molar-refractivity contribution in [3.05, 3.63) is 35.4 Å². The molecule has 0 saturated carbocycles. The first kappa shape index (κ1) is 15.1. The fourth-order valence-electron chi connectivity index (χ4n) is 3.06. The minimum atomic E-state index is -0.631. The highest BCUT2D eigenvalue weighted by molar-refractivity contribution is 5.87. The molecule has 2 rings (SSSR count). The first-order chi connectivity index (χ1) is 9.57. The number of nitrogens with one attached hydrogen (secondary N) is 1. The second kappa shape index (κ2) is 6.44. The highest BCUT2D eigenvalue weighted by Crippen LogP contribution is 2.34. The van der Waals surface area contributed by atoms with Crippen molar-refractivity contribution in [2.24, 2.45) is 5.41 Å². The zero-order chi connectivity index (χ0) is 14.6. The molecular weight excluding hydrogens is 260 g/mol. The van der Waals surface area contributed by atoms with E-state index in [1.807, 2.05) is 0 Å². The van der Waals surface area contributed by atoms with Gasteiger partial charge in [-0.25, -0.2) is 8.78 Å². The Morgan fingerprint density at radius 1 is 1.40 bits per heavy atom. The lowest BCUT2D eigenvalue weighted by Gasteiger charge is -2.36. The minimum absolute atomic E-state index is 0.0494. The predicted molar refractivity (Wildman–Crippen MR) is 74.5 cm³/mol. The van der Waals surface area contributed by atoms with E-state index in [0.717, 1.165) is 38.3 Å². The van der Waals surface area contributed by atoms with Crippen LogP contribution in [0, 0.1) is 17.0 Å². The molecule has 0 aliphatic carbocycles. The molecule has 1 unspecified atom stereocenters. The minimum Gasteiger partial charge on any atom is -0.316 e. The number of carbonyl (C=O) groups excluding carboxylic acids is 1. The summed E-state index contributed by atoms with van der Waals surface area (Å²) in [7, 11) is 0. The van der Waals surface area contributed by atoms with Gasteiger partial charge in [0, 0.05) is 24.4 Å². The van der Waals surface area contributed by atoms with E-state index >= 15 is 0 Å². The quantitative estimate of drug-likeness (QED) is 0.897. The zero-order valence-electron chi connectivity index (χ0n) is 11.8. The monoisotopic (exact) mass is 281 g/mol. The number of Topliss-reactive ketones (excluding diaryl/α,β-unsaturated/α-hetero) is 1. The van der Waals surface area contributed by atoms with E-state index < -0.39 is 11.6 Å². The summed E-state index contributed by atoms with van der Waals surface area (Å²) in [6, 6.07) is 3.42. The van der Waals surface area contributed by atoms with Crippen LogP contribution in [0.15, 0.2) is 18.2 Å². The molecule has 110 valence electrons. The summed E-state index contributed by atoms with van der Waals surface area (Å²) >= 11 is 0. The van der Waals surface area contributed by atoms with Gasteiger partial charge in [0.1, 0.15) is 17.4 Å². The van der Waals surface area contributed by atoms with Gasteiger partial charge in [-0.15, -0.1) is 0 Å². The molecular formula is C16H21F2NO. The number of hydrogen-bond acceptors (Lipinski definition) is 2. The highest BCUT2D eigenvalue weighted by atomic mass is 19.1. The summed E-state index contributed by atoms with van der Waals surface area (Å²) in [6.45, 7) is 3.66. The van der Waals surface area contributed by atoms with Crippen LogP contribution in [0.25, 0.3) is 0 Å². The van der Waals surface area contributed by atoms with Crippen molar-refractivity contribution in [3.8, 4) is 0 Å². The molecule has 0 radical (unpaired) electrons. The maximum absolute atomic E-state index is 13.7. The number of hydrogen-bond donors (Lipinski definition) is 1. The summed E-state index contributed by atoms with van der Waals surface area (Å²) in [4.78, 5) is 12.6. The van der Waals surface area contributed by atoms with Crippen LogP contribution in [0.1, 0.15) is 38.2 Å². The Labute approximate surface area is 118 Å². The van der Waals surface area contributed by atoms with E-state index in [0.29, 0.717) is 6.54 Å². The van der Waals surface area contributed by atoms with Crippen molar-refractivity contribution in [3.63, 3.8) is 0 Å². The lowest BCUT2D eigenvalue weighted by atomic mass is 9.72. The van der Waals surface area contributed by atoms with Gasteiger partial charge >= 0.3 is 0 Å². The number of ketones is 1. The number of carbonyl (C=O) groups is 1. The fraction of sp³-hybridized carbons (Fsp3) is 0.562. The van der Waals surface area contributed by atoms with E-state index in [2.05, 4.69) is 12.2 Å². The molecule has 1 atom stereocenters. The van der Waals surface area contributed by atoms with E-state index in [1.54, 1.807) is 0 Å². The van der Waals surface area contributed by atoms with Crippen molar-refractivity contribution in [2.45, 2.75) is 39.0 Å². The summed E-state index contributed by atoms with van der Waals surface area (Å²) in [5, 5.41) is 3.28. The van der Waals surface area contributed by atoms with Gasteiger partial charge in [-0.3, -0.25) is 4.79 Å². The van der Waals surface area contributed by atoms with Gasteiger partial charge in [-0.05, 0) is 37.4 Å². The fourth-order valence-corrected chi connectivity index (χ4v) is 3.06. The molecule has 2 nitrogen and oxygen atoms in total. The average Bonchev–Trinajstić information content (AvgIpc) is 2.43. The molecule has 1 aromatic rings. The van der Waals surface area contributed by atoms with Gasteiger partial charge in [0.15, 0.2) is 0 Å².